The van der Waals surface area contributed by atoms with E-state index in [4.69, 9.17) is 10.5 Å². The van der Waals surface area contributed by atoms with Crippen molar-refractivity contribution in [3.8, 4) is 5.75 Å². The van der Waals surface area contributed by atoms with E-state index in [-0.39, 0.29) is 4.90 Å². The van der Waals surface area contributed by atoms with Gasteiger partial charge in [0.2, 0.25) is 10.0 Å². The van der Waals surface area contributed by atoms with E-state index in [0.29, 0.717) is 30.9 Å². The lowest BCUT2D eigenvalue weighted by Crippen LogP contribution is -2.36. The molecule has 0 aliphatic carbocycles. The lowest BCUT2D eigenvalue weighted by Gasteiger charge is -2.29. The molecule has 0 spiro atoms. The highest BCUT2D eigenvalue weighted by atomic mass is 32.2. The number of sulfonamides is 1. The molecule has 2 N–H and O–H groups in total. The Morgan fingerprint density at radius 3 is 2.50 bits per heavy atom. The normalized spacial score (nSPS) is 15.1. The average Bonchev–Trinajstić information content (AvgIpc) is 2.56. The third kappa shape index (κ3) is 2.87. The summed E-state index contributed by atoms with van der Waals surface area (Å²) in [6, 6.07) is 9.16. The molecule has 0 aromatic heterocycles. The van der Waals surface area contributed by atoms with E-state index < -0.39 is 10.0 Å². The second-order valence-electron chi connectivity index (χ2n) is 6.20. The average molecular weight is 346 g/mol. The Balaban J connectivity index is 2.02. The Labute approximate surface area is 143 Å². The highest BCUT2D eigenvalue weighted by Gasteiger charge is 2.31. The topological polar surface area (TPSA) is 72.6 Å². The van der Waals surface area contributed by atoms with Gasteiger partial charge in [-0.1, -0.05) is 6.07 Å². The number of rotatable bonds is 3. The number of benzene rings is 2. The van der Waals surface area contributed by atoms with Gasteiger partial charge in [0.05, 0.1) is 7.11 Å². The van der Waals surface area contributed by atoms with E-state index in [1.54, 1.807) is 12.1 Å². The fourth-order valence-corrected chi connectivity index (χ4v) is 4.66. The maximum absolute atomic E-state index is 13.1. The van der Waals surface area contributed by atoms with Crippen LogP contribution in [-0.4, -0.2) is 26.4 Å². The van der Waals surface area contributed by atoms with Crippen LogP contribution in [0.3, 0.4) is 0 Å². The summed E-state index contributed by atoms with van der Waals surface area (Å²) in [5.41, 5.74) is 10.5. The van der Waals surface area contributed by atoms with Gasteiger partial charge in [-0.3, -0.25) is 0 Å². The number of hydrogen-bond acceptors (Lipinski definition) is 4. The first-order chi connectivity index (χ1) is 11.3. The van der Waals surface area contributed by atoms with Crippen molar-refractivity contribution in [3.63, 3.8) is 0 Å². The third-order valence-corrected chi connectivity index (χ3v) is 6.47. The Bertz CT molecular complexity index is 891. The van der Waals surface area contributed by atoms with Gasteiger partial charge < -0.3 is 10.5 Å². The highest BCUT2D eigenvalue weighted by molar-refractivity contribution is 7.89. The monoisotopic (exact) mass is 346 g/mol. The van der Waals surface area contributed by atoms with Crippen LogP contribution < -0.4 is 10.5 Å². The molecule has 1 aliphatic rings. The minimum atomic E-state index is -3.63. The molecule has 128 valence electrons. The predicted molar refractivity (Wildman–Crippen MR) is 94.6 cm³/mol. The molecule has 0 fully saturated rings. The predicted octanol–water partition coefficient (Wildman–Crippen LogP) is 2.64. The fourth-order valence-electron chi connectivity index (χ4n) is 3.02. The minimum Gasteiger partial charge on any atom is -0.495 e. The van der Waals surface area contributed by atoms with Crippen molar-refractivity contribution in [3.05, 3.63) is 52.6 Å². The first-order valence-corrected chi connectivity index (χ1v) is 9.29. The van der Waals surface area contributed by atoms with Crippen LogP contribution in [0.25, 0.3) is 0 Å². The van der Waals surface area contributed by atoms with Crippen LogP contribution >= 0.6 is 0 Å². The molecule has 0 unspecified atom stereocenters. The van der Waals surface area contributed by atoms with Crippen LogP contribution in [0, 0.1) is 13.8 Å². The zero-order chi connectivity index (χ0) is 17.5. The van der Waals surface area contributed by atoms with Gasteiger partial charge >= 0.3 is 0 Å². The van der Waals surface area contributed by atoms with Gasteiger partial charge in [0, 0.05) is 18.8 Å². The lowest BCUT2D eigenvalue weighted by atomic mass is 10.0. The molecule has 0 radical (unpaired) electrons. The Morgan fingerprint density at radius 2 is 1.79 bits per heavy atom. The van der Waals surface area contributed by atoms with Crippen LogP contribution in [-0.2, 0) is 23.0 Å². The fraction of sp³-hybridized carbons (Fsp3) is 0.333. The summed E-state index contributed by atoms with van der Waals surface area (Å²) < 4.78 is 33.1. The van der Waals surface area contributed by atoms with Crippen molar-refractivity contribution < 1.29 is 13.2 Å². The van der Waals surface area contributed by atoms with Crippen LogP contribution in [0.2, 0.25) is 0 Å². The molecule has 5 nitrogen and oxygen atoms in total. The zero-order valence-electron chi connectivity index (χ0n) is 14.2. The Kier molecular flexibility index (Phi) is 4.27. The van der Waals surface area contributed by atoms with Gasteiger partial charge in [0.15, 0.2) is 0 Å². The van der Waals surface area contributed by atoms with Crippen LogP contribution in [0.15, 0.2) is 35.2 Å². The summed E-state index contributed by atoms with van der Waals surface area (Å²) in [7, 11) is -2.14. The largest absolute Gasteiger partial charge is 0.495 e. The maximum atomic E-state index is 13.1. The van der Waals surface area contributed by atoms with Crippen molar-refractivity contribution in [1.29, 1.82) is 0 Å². The lowest BCUT2D eigenvalue weighted by molar-refractivity contribution is 0.377. The number of ether oxygens (including phenoxy) is 1. The van der Waals surface area contributed by atoms with Crippen LogP contribution in [0.5, 0.6) is 5.75 Å². The van der Waals surface area contributed by atoms with E-state index in [1.807, 2.05) is 32.0 Å². The summed E-state index contributed by atoms with van der Waals surface area (Å²) in [4.78, 5) is 0.223. The molecule has 0 amide bonds. The summed E-state index contributed by atoms with van der Waals surface area (Å²) in [5, 5.41) is 0. The molecular weight excluding hydrogens is 324 g/mol. The van der Waals surface area contributed by atoms with E-state index in [0.717, 1.165) is 22.3 Å². The molecule has 6 heteroatoms. The number of methoxy groups -OCH3 is 1. The van der Waals surface area contributed by atoms with Crippen molar-refractivity contribution in [2.45, 2.75) is 31.7 Å². The number of nitrogens with zero attached hydrogens (tertiary/aromatic N) is 1. The Morgan fingerprint density at radius 1 is 1.08 bits per heavy atom. The molecule has 1 aliphatic heterocycles. The number of fused-ring (bicyclic) bond motifs is 1. The summed E-state index contributed by atoms with van der Waals surface area (Å²) in [6.45, 7) is 4.63. The van der Waals surface area contributed by atoms with E-state index in [1.165, 1.54) is 11.4 Å². The number of anilines is 1. The molecule has 2 aromatic carbocycles. The third-order valence-electron chi connectivity index (χ3n) is 4.61. The van der Waals surface area contributed by atoms with E-state index in [9.17, 15) is 8.42 Å². The number of aryl methyl sites for hydroxylation is 2. The van der Waals surface area contributed by atoms with Crippen LogP contribution in [0.4, 0.5) is 5.69 Å². The summed E-state index contributed by atoms with van der Waals surface area (Å²) >= 11 is 0. The van der Waals surface area contributed by atoms with E-state index >= 15 is 0 Å². The van der Waals surface area contributed by atoms with Crippen molar-refractivity contribution >= 4 is 15.7 Å². The van der Waals surface area contributed by atoms with Gasteiger partial charge in [-0.05, 0) is 66.8 Å². The van der Waals surface area contributed by atoms with Crippen molar-refractivity contribution in [2.24, 2.45) is 0 Å². The number of nitrogens with two attached hydrogens (primary N) is 1. The first-order valence-electron chi connectivity index (χ1n) is 7.85. The molecule has 2 aromatic rings. The molecule has 0 bridgehead atoms. The molecule has 0 saturated heterocycles. The molecule has 1 heterocycles. The molecule has 0 saturated carbocycles. The molecule has 0 atom stereocenters. The number of hydrogen-bond donors (Lipinski definition) is 1. The second-order valence-corrected chi connectivity index (χ2v) is 8.11. The molecular formula is C18H22N2O3S. The quantitative estimate of drug-likeness (QED) is 0.867. The van der Waals surface area contributed by atoms with Crippen LogP contribution in [0.1, 0.15) is 22.3 Å². The molecule has 24 heavy (non-hydrogen) atoms. The minimum absolute atomic E-state index is 0.223. The SMILES string of the molecule is COc1cc(C)c(C)cc1S(=O)(=O)N1CCc2ccc(N)cc2C1. The van der Waals surface area contributed by atoms with Gasteiger partial charge in [0.1, 0.15) is 10.6 Å². The summed E-state index contributed by atoms with van der Waals surface area (Å²) in [6.07, 6.45) is 0.683. The van der Waals surface area contributed by atoms with Gasteiger partial charge in [-0.15, -0.1) is 0 Å². The van der Waals surface area contributed by atoms with Gasteiger partial charge in [-0.2, -0.15) is 4.31 Å². The highest BCUT2D eigenvalue weighted by Crippen LogP contribution is 2.32. The van der Waals surface area contributed by atoms with Crippen molar-refractivity contribution in [1.82, 2.24) is 4.31 Å². The number of nitrogen functional groups attached to an aromatic ring is 1. The first kappa shape index (κ1) is 16.8. The molecule has 3 rings (SSSR count). The summed E-state index contributed by atoms with van der Waals surface area (Å²) in [5.74, 6) is 0.386. The smallest absolute Gasteiger partial charge is 0.247 e. The Hall–Kier alpha value is -2.05. The van der Waals surface area contributed by atoms with Crippen molar-refractivity contribution in [2.75, 3.05) is 19.4 Å². The zero-order valence-corrected chi connectivity index (χ0v) is 15.0. The van der Waals surface area contributed by atoms with E-state index in [2.05, 4.69) is 0 Å². The maximum Gasteiger partial charge on any atom is 0.247 e. The second kappa shape index (κ2) is 6.11. The van der Waals surface area contributed by atoms with Gasteiger partial charge in [0.25, 0.3) is 0 Å². The van der Waals surface area contributed by atoms with Gasteiger partial charge in [-0.25, -0.2) is 8.42 Å². The standard InChI is InChI=1S/C18H22N2O3S/c1-12-8-17(23-3)18(9-13(12)2)24(21,22)20-7-6-14-4-5-16(19)10-15(14)11-20/h4-5,8-10H,6-7,11,19H2,1-3H3.